The standard InChI is InChI=1S/C15H22N4O2/c1-2-19-8-11(7-16-19)6-15(21)18-9-12-4-3-5-14(20)17-13(12)10-18/h7-8,12-13H,2-6,9-10H2,1H3,(H,17,20). The van der Waals surface area contributed by atoms with Crippen molar-refractivity contribution in [1.82, 2.24) is 20.0 Å². The number of likely N-dealkylation sites (tertiary alicyclic amines) is 1. The topological polar surface area (TPSA) is 67.2 Å². The van der Waals surface area contributed by atoms with Gasteiger partial charge in [-0.2, -0.15) is 5.10 Å². The molecule has 3 heterocycles. The Hall–Kier alpha value is -1.85. The molecule has 2 amide bonds. The SMILES string of the molecule is CCn1cc(CC(=O)N2CC3CCCC(=O)NC3C2)cn1. The molecule has 114 valence electrons. The van der Waals surface area contributed by atoms with E-state index in [0.717, 1.165) is 31.5 Å². The van der Waals surface area contributed by atoms with E-state index in [-0.39, 0.29) is 17.9 Å². The van der Waals surface area contributed by atoms with Gasteiger partial charge in [-0.05, 0) is 31.2 Å². The number of aryl methyl sites for hydroxylation is 1. The van der Waals surface area contributed by atoms with Crippen LogP contribution in [0.5, 0.6) is 0 Å². The van der Waals surface area contributed by atoms with E-state index in [4.69, 9.17) is 0 Å². The first-order valence-corrected chi connectivity index (χ1v) is 7.74. The number of nitrogens with zero attached hydrogens (tertiary/aromatic N) is 3. The third-order valence-electron chi connectivity index (χ3n) is 4.48. The molecule has 6 heteroatoms. The second kappa shape index (κ2) is 5.87. The Labute approximate surface area is 124 Å². The average molecular weight is 290 g/mol. The molecule has 2 unspecified atom stereocenters. The fourth-order valence-electron chi connectivity index (χ4n) is 3.29. The number of hydrogen-bond donors (Lipinski definition) is 1. The first kappa shape index (κ1) is 14.1. The molecule has 2 aliphatic rings. The smallest absolute Gasteiger partial charge is 0.227 e. The molecule has 3 rings (SSSR count). The van der Waals surface area contributed by atoms with Crippen molar-refractivity contribution in [3.63, 3.8) is 0 Å². The lowest BCUT2D eigenvalue weighted by Crippen LogP contribution is -2.39. The Balaban J connectivity index is 1.60. The summed E-state index contributed by atoms with van der Waals surface area (Å²) in [5.41, 5.74) is 0.956. The maximum atomic E-state index is 12.4. The van der Waals surface area contributed by atoms with Gasteiger partial charge in [-0.1, -0.05) is 0 Å². The van der Waals surface area contributed by atoms with Crippen LogP contribution in [0.25, 0.3) is 0 Å². The van der Waals surface area contributed by atoms with E-state index in [0.29, 0.717) is 25.3 Å². The summed E-state index contributed by atoms with van der Waals surface area (Å²) in [5, 5.41) is 7.25. The minimum absolute atomic E-state index is 0.126. The van der Waals surface area contributed by atoms with E-state index >= 15 is 0 Å². The van der Waals surface area contributed by atoms with Crippen molar-refractivity contribution >= 4 is 11.8 Å². The van der Waals surface area contributed by atoms with Gasteiger partial charge in [0.1, 0.15) is 0 Å². The van der Waals surface area contributed by atoms with Crippen molar-refractivity contribution in [2.24, 2.45) is 5.92 Å². The summed E-state index contributed by atoms with van der Waals surface area (Å²) in [6.07, 6.45) is 6.66. The molecular formula is C15H22N4O2. The van der Waals surface area contributed by atoms with E-state index in [9.17, 15) is 9.59 Å². The quantitative estimate of drug-likeness (QED) is 0.885. The number of aromatic nitrogens is 2. The Kier molecular flexibility index (Phi) is 3.94. The van der Waals surface area contributed by atoms with Gasteiger partial charge < -0.3 is 10.2 Å². The van der Waals surface area contributed by atoms with Gasteiger partial charge in [-0.15, -0.1) is 0 Å². The van der Waals surface area contributed by atoms with Crippen LogP contribution in [0.15, 0.2) is 12.4 Å². The molecule has 0 spiro atoms. The van der Waals surface area contributed by atoms with Crippen LogP contribution >= 0.6 is 0 Å². The summed E-state index contributed by atoms with van der Waals surface area (Å²) in [5.74, 6) is 0.674. The molecule has 2 aliphatic heterocycles. The molecule has 1 N–H and O–H groups in total. The molecule has 0 bridgehead atoms. The third kappa shape index (κ3) is 3.09. The van der Waals surface area contributed by atoms with Gasteiger partial charge in [-0.25, -0.2) is 0 Å². The number of nitrogens with one attached hydrogen (secondary N) is 1. The van der Waals surface area contributed by atoms with Crippen LogP contribution in [0, 0.1) is 5.92 Å². The Morgan fingerprint density at radius 3 is 3.10 bits per heavy atom. The van der Waals surface area contributed by atoms with E-state index in [2.05, 4.69) is 10.4 Å². The van der Waals surface area contributed by atoms with Crippen LogP contribution in [0.2, 0.25) is 0 Å². The van der Waals surface area contributed by atoms with Crippen molar-refractivity contribution in [2.75, 3.05) is 13.1 Å². The van der Waals surface area contributed by atoms with Crippen molar-refractivity contribution in [2.45, 2.75) is 45.2 Å². The number of fused-ring (bicyclic) bond motifs is 1. The Morgan fingerprint density at radius 1 is 1.48 bits per heavy atom. The molecule has 2 atom stereocenters. The number of hydrogen-bond acceptors (Lipinski definition) is 3. The Morgan fingerprint density at radius 2 is 2.33 bits per heavy atom. The third-order valence-corrected chi connectivity index (χ3v) is 4.48. The monoisotopic (exact) mass is 290 g/mol. The highest BCUT2D eigenvalue weighted by Gasteiger charge is 2.37. The first-order valence-electron chi connectivity index (χ1n) is 7.74. The van der Waals surface area contributed by atoms with Gasteiger partial charge >= 0.3 is 0 Å². The summed E-state index contributed by atoms with van der Waals surface area (Å²) in [4.78, 5) is 25.9. The maximum absolute atomic E-state index is 12.4. The second-order valence-electron chi connectivity index (χ2n) is 6.01. The molecule has 0 radical (unpaired) electrons. The summed E-state index contributed by atoms with van der Waals surface area (Å²) in [6.45, 7) is 4.26. The van der Waals surface area contributed by atoms with E-state index < -0.39 is 0 Å². The number of rotatable bonds is 3. The summed E-state index contributed by atoms with van der Waals surface area (Å²) >= 11 is 0. The van der Waals surface area contributed by atoms with Crippen molar-refractivity contribution in [3.05, 3.63) is 18.0 Å². The molecule has 0 saturated carbocycles. The molecule has 21 heavy (non-hydrogen) atoms. The fourth-order valence-corrected chi connectivity index (χ4v) is 3.29. The second-order valence-corrected chi connectivity index (χ2v) is 6.01. The number of amides is 2. The predicted molar refractivity (Wildman–Crippen MR) is 77.5 cm³/mol. The van der Waals surface area contributed by atoms with Gasteiger partial charge in [-0.3, -0.25) is 14.3 Å². The minimum Gasteiger partial charge on any atom is -0.351 e. The largest absolute Gasteiger partial charge is 0.351 e. The first-order chi connectivity index (χ1) is 10.2. The molecule has 2 saturated heterocycles. The van der Waals surface area contributed by atoms with Crippen LogP contribution in [0.3, 0.4) is 0 Å². The van der Waals surface area contributed by atoms with Gasteiger partial charge in [0, 0.05) is 32.3 Å². The lowest BCUT2D eigenvalue weighted by Gasteiger charge is -2.16. The van der Waals surface area contributed by atoms with Crippen molar-refractivity contribution in [1.29, 1.82) is 0 Å². The molecule has 1 aromatic heterocycles. The van der Waals surface area contributed by atoms with Crippen LogP contribution in [0.1, 0.15) is 31.7 Å². The van der Waals surface area contributed by atoms with Gasteiger partial charge in [0.15, 0.2) is 0 Å². The fraction of sp³-hybridized carbons (Fsp3) is 0.667. The highest BCUT2D eigenvalue weighted by Crippen LogP contribution is 2.25. The number of carbonyl (C=O) groups excluding carboxylic acids is 2. The lowest BCUT2D eigenvalue weighted by atomic mass is 9.99. The average Bonchev–Trinajstić information content (AvgIpc) is 3.03. The molecular weight excluding hydrogens is 268 g/mol. The van der Waals surface area contributed by atoms with Gasteiger partial charge in [0.2, 0.25) is 11.8 Å². The zero-order valence-electron chi connectivity index (χ0n) is 12.4. The Bertz CT molecular complexity index is 540. The normalized spacial score (nSPS) is 25.4. The summed E-state index contributed by atoms with van der Waals surface area (Å²) < 4.78 is 1.83. The van der Waals surface area contributed by atoms with Gasteiger partial charge in [0.05, 0.1) is 18.7 Å². The van der Waals surface area contributed by atoms with Crippen LogP contribution in [-0.4, -0.2) is 45.6 Å². The van der Waals surface area contributed by atoms with E-state index in [1.807, 2.05) is 22.7 Å². The van der Waals surface area contributed by atoms with Crippen LogP contribution in [0.4, 0.5) is 0 Å². The zero-order valence-corrected chi connectivity index (χ0v) is 12.4. The van der Waals surface area contributed by atoms with Gasteiger partial charge in [0.25, 0.3) is 0 Å². The molecule has 1 aromatic rings. The highest BCUT2D eigenvalue weighted by molar-refractivity contribution is 5.80. The highest BCUT2D eigenvalue weighted by atomic mass is 16.2. The molecule has 2 fully saturated rings. The zero-order chi connectivity index (χ0) is 14.8. The summed E-state index contributed by atoms with van der Waals surface area (Å²) in [6, 6.07) is 0.141. The maximum Gasteiger partial charge on any atom is 0.227 e. The predicted octanol–water partition coefficient (Wildman–Crippen LogP) is 0.573. The van der Waals surface area contributed by atoms with Crippen LogP contribution < -0.4 is 5.32 Å². The van der Waals surface area contributed by atoms with E-state index in [1.54, 1.807) is 6.20 Å². The van der Waals surface area contributed by atoms with E-state index in [1.165, 1.54) is 0 Å². The molecule has 0 aromatic carbocycles. The summed E-state index contributed by atoms with van der Waals surface area (Å²) in [7, 11) is 0. The lowest BCUT2D eigenvalue weighted by molar-refractivity contribution is -0.130. The van der Waals surface area contributed by atoms with Crippen LogP contribution in [-0.2, 0) is 22.6 Å². The minimum atomic E-state index is 0.126. The molecule has 0 aliphatic carbocycles. The molecule has 6 nitrogen and oxygen atoms in total. The van der Waals surface area contributed by atoms with Crippen molar-refractivity contribution < 1.29 is 9.59 Å². The van der Waals surface area contributed by atoms with Crippen molar-refractivity contribution in [3.8, 4) is 0 Å². The number of carbonyl (C=O) groups is 2.